The van der Waals surface area contributed by atoms with Crippen molar-refractivity contribution in [3.8, 4) is 0 Å². The summed E-state index contributed by atoms with van der Waals surface area (Å²) >= 11 is 5.80. The lowest BCUT2D eigenvalue weighted by Crippen LogP contribution is -2.03. The summed E-state index contributed by atoms with van der Waals surface area (Å²) in [7, 11) is 0. The highest BCUT2D eigenvalue weighted by atomic mass is 35.5. The molecule has 0 amide bonds. The van der Waals surface area contributed by atoms with Crippen molar-refractivity contribution in [1.82, 2.24) is 15.0 Å². The quantitative estimate of drug-likeness (QED) is 0.525. The lowest BCUT2D eigenvalue weighted by atomic mass is 10.1. The maximum Gasteiger partial charge on any atom is 0.146 e. The fourth-order valence-electron chi connectivity index (χ4n) is 2.88. The van der Waals surface area contributed by atoms with Crippen LogP contribution in [0.4, 0.5) is 10.2 Å². The van der Waals surface area contributed by atoms with Crippen molar-refractivity contribution in [2.24, 2.45) is 0 Å². The highest BCUT2D eigenvalue weighted by molar-refractivity contribution is 6.30. The number of nitrogens with zero attached hydrogens (tertiary/aromatic N) is 2. The van der Waals surface area contributed by atoms with Gasteiger partial charge in [0.15, 0.2) is 0 Å². The third-order valence-electron chi connectivity index (χ3n) is 4.25. The smallest absolute Gasteiger partial charge is 0.146 e. The fraction of sp³-hybridized carbons (Fsp3) is 0.100. The first kappa shape index (κ1) is 16.5. The second-order valence-electron chi connectivity index (χ2n) is 6.01. The molecule has 0 aliphatic rings. The van der Waals surface area contributed by atoms with Crippen LogP contribution in [0.3, 0.4) is 0 Å². The van der Waals surface area contributed by atoms with E-state index in [0.717, 1.165) is 23.0 Å². The Morgan fingerprint density at radius 2 is 1.96 bits per heavy atom. The van der Waals surface area contributed by atoms with Gasteiger partial charge in [0.1, 0.15) is 17.3 Å². The molecule has 0 atom stereocenters. The average molecular weight is 367 g/mol. The van der Waals surface area contributed by atoms with E-state index in [1.165, 1.54) is 11.6 Å². The Bertz CT molecular complexity index is 1040. The summed E-state index contributed by atoms with van der Waals surface area (Å²) in [6.45, 7) is 0.326. The summed E-state index contributed by atoms with van der Waals surface area (Å²) in [5.41, 5.74) is 3.66. The van der Waals surface area contributed by atoms with Crippen molar-refractivity contribution in [1.29, 1.82) is 0 Å². The van der Waals surface area contributed by atoms with Gasteiger partial charge in [0.2, 0.25) is 0 Å². The molecule has 0 aliphatic carbocycles. The topological polar surface area (TPSA) is 53.6 Å². The third-order valence-corrected chi connectivity index (χ3v) is 4.54. The number of nitrogens with one attached hydrogen (secondary N) is 2. The van der Waals surface area contributed by atoms with E-state index < -0.39 is 5.82 Å². The minimum Gasteiger partial charge on any atom is -0.366 e. The van der Waals surface area contributed by atoms with E-state index in [2.05, 4.69) is 26.3 Å². The van der Waals surface area contributed by atoms with Gasteiger partial charge in [-0.15, -0.1) is 0 Å². The van der Waals surface area contributed by atoms with E-state index in [1.807, 2.05) is 30.6 Å². The predicted molar refractivity (Wildman–Crippen MR) is 102 cm³/mol. The number of fused-ring (bicyclic) bond motifs is 1. The summed E-state index contributed by atoms with van der Waals surface area (Å²) in [6.07, 6.45) is 6.34. The van der Waals surface area contributed by atoms with Crippen LogP contribution in [0.25, 0.3) is 11.0 Å². The van der Waals surface area contributed by atoms with E-state index in [4.69, 9.17) is 11.6 Å². The molecule has 3 heterocycles. The van der Waals surface area contributed by atoms with Gasteiger partial charge in [-0.05, 0) is 35.4 Å². The number of H-pyrrole nitrogens is 1. The monoisotopic (exact) mass is 366 g/mol. The van der Waals surface area contributed by atoms with Gasteiger partial charge in [0.25, 0.3) is 0 Å². The Morgan fingerprint density at radius 1 is 1.04 bits per heavy atom. The third kappa shape index (κ3) is 3.39. The molecule has 0 spiro atoms. The number of rotatable bonds is 5. The number of hydrogen-bond acceptors (Lipinski definition) is 3. The van der Waals surface area contributed by atoms with Gasteiger partial charge in [-0.25, -0.2) is 14.4 Å². The van der Waals surface area contributed by atoms with Gasteiger partial charge in [-0.3, -0.25) is 0 Å². The molecule has 4 rings (SSSR count). The van der Waals surface area contributed by atoms with Gasteiger partial charge in [0.05, 0.1) is 5.02 Å². The zero-order valence-electron chi connectivity index (χ0n) is 13.8. The van der Waals surface area contributed by atoms with E-state index in [-0.39, 0.29) is 5.02 Å². The Balaban J connectivity index is 1.44. The van der Waals surface area contributed by atoms with E-state index in [1.54, 1.807) is 18.3 Å². The maximum absolute atomic E-state index is 13.9. The number of anilines is 1. The molecular formula is C20H16ClFN4. The Labute approximate surface area is 155 Å². The number of halogens is 2. The van der Waals surface area contributed by atoms with E-state index >= 15 is 0 Å². The fourth-order valence-corrected chi connectivity index (χ4v) is 3.08. The first-order valence-electron chi connectivity index (χ1n) is 8.23. The molecule has 0 bridgehead atoms. The summed E-state index contributed by atoms with van der Waals surface area (Å²) in [5.74, 6) is 0.292. The van der Waals surface area contributed by atoms with Crippen LogP contribution >= 0.6 is 11.6 Å². The van der Waals surface area contributed by atoms with E-state index in [0.29, 0.717) is 17.9 Å². The van der Waals surface area contributed by atoms with Crippen molar-refractivity contribution in [3.63, 3.8) is 0 Å². The van der Waals surface area contributed by atoms with E-state index in [9.17, 15) is 4.39 Å². The summed E-state index contributed by atoms with van der Waals surface area (Å²) in [4.78, 5) is 11.9. The summed E-state index contributed by atoms with van der Waals surface area (Å²) in [6, 6.07) is 12.9. The zero-order valence-corrected chi connectivity index (χ0v) is 14.6. The summed E-state index contributed by atoms with van der Waals surface area (Å²) in [5, 5.41) is 4.36. The highest BCUT2D eigenvalue weighted by Crippen LogP contribution is 2.21. The highest BCUT2D eigenvalue weighted by Gasteiger charge is 2.07. The number of aromatic amines is 1. The van der Waals surface area contributed by atoms with Crippen LogP contribution in [-0.2, 0) is 13.0 Å². The normalized spacial score (nSPS) is 11.0. The lowest BCUT2D eigenvalue weighted by molar-refractivity contribution is 0.613. The molecule has 3 aromatic heterocycles. The minimum absolute atomic E-state index is 0.126. The van der Waals surface area contributed by atoms with Crippen molar-refractivity contribution >= 4 is 28.5 Å². The van der Waals surface area contributed by atoms with Crippen LogP contribution < -0.4 is 5.32 Å². The van der Waals surface area contributed by atoms with Crippen LogP contribution in [0, 0.1) is 5.82 Å². The molecular weight excluding hydrogens is 351 g/mol. The Morgan fingerprint density at radius 3 is 2.81 bits per heavy atom. The molecule has 0 radical (unpaired) electrons. The number of aromatic nitrogens is 3. The molecule has 0 unspecified atom stereocenters. The molecule has 2 N–H and O–H groups in total. The Hall–Kier alpha value is -2.92. The Kier molecular flexibility index (Phi) is 4.54. The standard InChI is InChI=1S/C20H16ClFN4/c21-17-5-1-3-14(19(17)22)11-25-18-7-6-13(10-24-18)9-15-12-26-20-16(15)4-2-8-23-20/h1-8,10,12H,9,11H2,(H,23,26)(H,24,25). The predicted octanol–water partition coefficient (Wildman–Crippen LogP) is 4.95. The first-order valence-corrected chi connectivity index (χ1v) is 8.61. The molecule has 26 heavy (non-hydrogen) atoms. The van der Waals surface area contributed by atoms with Crippen molar-refractivity contribution < 1.29 is 4.39 Å². The molecule has 0 saturated heterocycles. The minimum atomic E-state index is -0.397. The maximum atomic E-state index is 13.9. The second-order valence-corrected chi connectivity index (χ2v) is 6.42. The van der Waals surface area contributed by atoms with Crippen LogP contribution in [0.5, 0.6) is 0 Å². The lowest BCUT2D eigenvalue weighted by Gasteiger charge is -2.08. The van der Waals surface area contributed by atoms with Crippen LogP contribution in [0.15, 0.2) is 61.1 Å². The van der Waals surface area contributed by atoms with Crippen molar-refractivity contribution in [3.05, 3.63) is 88.6 Å². The average Bonchev–Trinajstić information content (AvgIpc) is 3.07. The molecule has 6 heteroatoms. The van der Waals surface area contributed by atoms with Crippen LogP contribution in [0.1, 0.15) is 16.7 Å². The van der Waals surface area contributed by atoms with Gasteiger partial charge < -0.3 is 10.3 Å². The molecule has 0 saturated carbocycles. The SMILES string of the molecule is Fc1c(Cl)cccc1CNc1ccc(Cc2c[nH]c3ncccc23)cn1. The second kappa shape index (κ2) is 7.14. The van der Waals surface area contributed by atoms with Gasteiger partial charge in [0, 0.05) is 42.5 Å². The van der Waals surface area contributed by atoms with Crippen LogP contribution in [0.2, 0.25) is 5.02 Å². The molecule has 130 valence electrons. The molecule has 0 aliphatic heterocycles. The van der Waals surface area contributed by atoms with Crippen LogP contribution in [-0.4, -0.2) is 15.0 Å². The summed E-state index contributed by atoms with van der Waals surface area (Å²) < 4.78 is 13.9. The first-order chi connectivity index (χ1) is 12.7. The van der Waals surface area contributed by atoms with Crippen molar-refractivity contribution in [2.75, 3.05) is 5.32 Å². The van der Waals surface area contributed by atoms with Gasteiger partial charge in [-0.1, -0.05) is 29.8 Å². The number of hydrogen-bond donors (Lipinski definition) is 2. The molecule has 0 fully saturated rings. The van der Waals surface area contributed by atoms with Gasteiger partial charge >= 0.3 is 0 Å². The molecule has 4 nitrogen and oxygen atoms in total. The molecule has 4 aromatic rings. The number of pyridine rings is 2. The number of benzene rings is 1. The largest absolute Gasteiger partial charge is 0.366 e. The zero-order chi connectivity index (χ0) is 17.9. The molecule has 1 aromatic carbocycles. The van der Waals surface area contributed by atoms with Crippen molar-refractivity contribution in [2.45, 2.75) is 13.0 Å². The van der Waals surface area contributed by atoms with Gasteiger partial charge in [-0.2, -0.15) is 0 Å².